The second-order valence-corrected chi connectivity index (χ2v) is 7.81. The van der Waals surface area contributed by atoms with Gasteiger partial charge in [-0.2, -0.15) is 0 Å². The van der Waals surface area contributed by atoms with Crippen LogP contribution in [-0.4, -0.2) is 39.9 Å². The zero-order chi connectivity index (χ0) is 20.3. The summed E-state index contributed by atoms with van der Waals surface area (Å²) in [5, 5.41) is 19.1. The summed E-state index contributed by atoms with van der Waals surface area (Å²) in [5.74, 6) is 0.0921. The van der Waals surface area contributed by atoms with Crippen molar-refractivity contribution in [1.82, 2.24) is 4.90 Å². The van der Waals surface area contributed by atoms with Crippen LogP contribution in [0, 0.1) is 0 Å². The fraction of sp³-hybridized carbons (Fsp3) is 0.870. The molecular weight excluding hydrogens is 338 g/mol. The van der Waals surface area contributed by atoms with E-state index in [0.29, 0.717) is 6.42 Å². The molecule has 0 aromatic carbocycles. The number of aliphatic hydroxyl groups is 2. The highest BCUT2D eigenvalue weighted by Crippen LogP contribution is 2.11. The smallest absolute Gasteiger partial charge is 0.147 e. The maximum absolute atomic E-state index is 11.9. The Morgan fingerprint density at radius 3 is 1.70 bits per heavy atom. The second kappa shape index (κ2) is 18.6. The molecule has 0 amide bonds. The van der Waals surface area contributed by atoms with Gasteiger partial charge < -0.3 is 10.2 Å². The van der Waals surface area contributed by atoms with Gasteiger partial charge in [0, 0.05) is 6.42 Å². The molecule has 4 nitrogen and oxygen atoms in total. The van der Waals surface area contributed by atoms with Gasteiger partial charge in [-0.3, -0.25) is 4.79 Å². The number of rotatable bonds is 19. The molecule has 0 bridgehead atoms. The fourth-order valence-corrected chi connectivity index (χ4v) is 3.25. The van der Waals surface area contributed by atoms with Crippen molar-refractivity contribution in [3.8, 4) is 0 Å². The van der Waals surface area contributed by atoms with E-state index in [1.165, 1.54) is 75.5 Å². The second-order valence-electron chi connectivity index (χ2n) is 7.81. The molecule has 0 saturated carbocycles. The number of ketones is 1. The van der Waals surface area contributed by atoms with Gasteiger partial charge in [0.15, 0.2) is 0 Å². The summed E-state index contributed by atoms with van der Waals surface area (Å²) in [6.07, 6.45) is 19.8. The molecule has 0 saturated heterocycles. The zero-order valence-corrected chi connectivity index (χ0v) is 18.2. The molecule has 0 rings (SSSR count). The molecule has 2 atom stereocenters. The van der Waals surface area contributed by atoms with Gasteiger partial charge >= 0.3 is 0 Å². The standard InChI is InChI=1S/C23H45NO3/c1-4-5-6-7-8-9-10-11-12-13-14-15-16-17-18-19-23(27)20-24(21(2)25)22(3)26/h11-12,21-22,25-26H,4-10,13-20H2,1-3H3. The normalized spacial score (nSPS) is 14.1. The molecule has 0 aliphatic heterocycles. The van der Waals surface area contributed by atoms with Gasteiger partial charge in [0.1, 0.15) is 18.2 Å². The number of carbonyl (C=O) groups is 1. The van der Waals surface area contributed by atoms with E-state index in [1.54, 1.807) is 13.8 Å². The van der Waals surface area contributed by atoms with Crippen LogP contribution in [0.5, 0.6) is 0 Å². The highest BCUT2D eigenvalue weighted by molar-refractivity contribution is 5.80. The molecule has 0 aromatic heterocycles. The Labute approximate surface area is 168 Å². The van der Waals surface area contributed by atoms with Crippen molar-refractivity contribution in [3.63, 3.8) is 0 Å². The van der Waals surface area contributed by atoms with E-state index in [0.717, 1.165) is 12.8 Å². The minimum atomic E-state index is -0.803. The highest BCUT2D eigenvalue weighted by atomic mass is 16.3. The van der Waals surface area contributed by atoms with Crippen molar-refractivity contribution in [2.24, 2.45) is 0 Å². The van der Waals surface area contributed by atoms with Crippen molar-refractivity contribution < 1.29 is 15.0 Å². The summed E-state index contributed by atoms with van der Waals surface area (Å²) >= 11 is 0. The number of allylic oxidation sites excluding steroid dienone is 2. The Kier molecular flexibility index (Phi) is 18.2. The number of Topliss-reactive ketones (excluding diaryl/α,β-unsaturated/α-hetero) is 1. The summed E-state index contributed by atoms with van der Waals surface area (Å²) in [6.45, 7) is 5.52. The van der Waals surface area contributed by atoms with E-state index >= 15 is 0 Å². The van der Waals surface area contributed by atoms with Gasteiger partial charge in [0.2, 0.25) is 0 Å². The van der Waals surface area contributed by atoms with Crippen molar-refractivity contribution in [1.29, 1.82) is 0 Å². The average Bonchev–Trinajstić information content (AvgIpc) is 2.62. The minimum Gasteiger partial charge on any atom is -0.379 e. The molecule has 0 spiro atoms. The molecule has 2 unspecified atom stereocenters. The van der Waals surface area contributed by atoms with Crippen LogP contribution in [0.4, 0.5) is 0 Å². The first-order chi connectivity index (χ1) is 13.0. The summed E-state index contributed by atoms with van der Waals surface area (Å²) in [5.41, 5.74) is 0. The third-order valence-electron chi connectivity index (χ3n) is 5.04. The Bertz CT molecular complexity index is 359. The van der Waals surface area contributed by atoms with E-state index < -0.39 is 12.5 Å². The Morgan fingerprint density at radius 1 is 0.778 bits per heavy atom. The van der Waals surface area contributed by atoms with E-state index in [2.05, 4.69) is 19.1 Å². The summed E-state index contributed by atoms with van der Waals surface area (Å²) < 4.78 is 0. The zero-order valence-electron chi connectivity index (χ0n) is 18.2. The van der Waals surface area contributed by atoms with Crippen LogP contribution < -0.4 is 0 Å². The Morgan fingerprint density at radius 2 is 1.22 bits per heavy atom. The van der Waals surface area contributed by atoms with Crippen molar-refractivity contribution in [3.05, 3.63) is 12.2 Å². The Balaban J connectivity index is 3.44. The van der Waals surface area contributed by atoms with Crippen LogP contribution in [0.3, 0.4) is 0 Å². The average molecular weight is 384 g/mol. The molecule has 4 heteroatoms. The van der Waals surface area contributed by atoms with Gasteiger partial charge in [0.25, 0.3) is 0 Å². The van der Waals surface area contributed by atoms with Gasteiger partial charge in [-0.25, -0.2) is 4.90 Å². The molecule has 160 valence electrons. The molecule has 0 aliphatic carbocycles. The highest BCUT2D eigenvalue weighted by Gasteiger charge is 2.18. The third kappa shape index (κ3) is 17.1. The predicted octanol–water partition coefficient (Wildman–Crippen LogP) is 5.57. The van der Waals surface area contributed by atoms with E-state index in [-0.39, 0.29) is 12.3 Å². The topological polar surface area (TPSA) is 60.8 Å². The molecule has 0 aromatic rings. The SMILES string of the molecule is CCCCCCCCC=CCCCCCCCC(=O)CN(C(C)O)C(C)O. The van der Waals surface area contributed by atoms with Crippen LogP contribution in [0.2, 0.25) is 0 Å². The van der Waals surface area contributed by atoms with Crippen molar-refractivity contribution in [2.45, 2.75) is 123 Å². The number of unbranched alkanes of at least 4 members (excludes halogenated alkanes) is 11. The summed E-state index contributed by atoms with van der Waals surface area (Å²) in [7, 11) is 0. The molecule has 0 radical (unpaired) electrons. The Hall–Kier alpha value is -0.710. The molecule has 0 fully saturated rings. The predicted molar refractivity (Wildman–Crippen MR) is 115 cm³/mol. The molecule has 2 N–H and O–H groups in total. The summed E-state index contributed by atoms with van der Waals surface area (Å²) in [4.78, 5) is 13.3. The maximum atomic E-state index is 11.9. The number of nitrogens with zero attached hydrogens (tertiary/aromatic N) is 1. The van der Waals surface area contributed by atoms with E-state index in [4.69, 9.17) is 0 Å². The molecule has 27 heavy (non-hydrogen) atoms. The van der Waals surface area contributed by atoms with Gasteiger partial charge in [-0.05, 0) is 46.0 Å². The fourth-order valence-electron chi connectivity index (χ4n) is 3.25. The quantitative estimate of drug-likeness (QED) is 0.174. The lowest BCUT2D eigenvalue weighted by atomic mass is 10.1. The number of carbonyl (C=O) groups excluding carboxylic acids is 1. The van der Waals surface area contributed by atoms with Gasteiger partial charge in [-0.15, -0.1) is 0 Å². The van der Waals surface area contributed by atoms with E-state index in [9.17, 15) is 15.0 Å². The first-order valence-corrected chi connectivity index (χ1v) is 11.3. The number of hydrogen-bond acceptors (Lipinski definition) is 4. The molecule has 0 aliphatic rings. The van der Waals surface area contributed by atoms with Crippen molar-refractivity contribution in [2.75, 3.05) is 6.54 Å². The lowest BCUT2D eigenvalue weighted by Gasteiger charge is -2.27. The van der Waals surface area contributed by atoms with Crippen LogP contribution in [0.15, 0.2) is 12.2 Å². The lowest BCUT2D eigenvalue weighted by molar-refractivity contribution is -0.131. The number of aliphatic hydroxyl groups excluding tert-OH is 2. The largest absolute Gasteiger partial charge is 0.379 e. The molecule has 0 heterocycles. The van der Waals surface area contributed by atoms with Crippen LogP contribution in [-0.2, 0) is 4.79 Å². The molecular formula is C23H45NO3. The maximum Gasteiger partial charge on any atom is 0.147 e. The van der Waals surface area contributed by atoms with Crippen LogP contribution >= 0.6 is 0 Å². The summed E-state index contributed by atoms with van der Waals surface area (Å²) in [6, 6.07) is 0. The van der Waals surface area contributed by atoms with E-state index in [1.807, 2.05) is 0 Å². The number of hydrogen-bond donors (Lipinski definition) is 2. The van der Waals surface area contributed by atoms with Gasteiger partial charge in [0.05, 0.1) is 6.54 Å². The first kappa shape index (κ1) is 26.3. The van der Waals surface area contributed by atoms with Crippen molar-refractivity contribution >= 4 is 5.78 Å². The monoisotopic (exact) mass is 383 g/mol. The lowest BCUT2D eigenvalue weighted by Crippen LogP contribution is -2.43. The minimum absolute atomic E-state index is 0.0921. The van der Waals surface area contributed by atoms with Crippen LogP contribution in [0.25, 0.3) is 0 Å². The van der Waals surface area contributed by atoms with Gasteiger partial charge in [-0.1, -0.05) is 70.4 Å². The van der Waals surface area contributed by atoms with Crippen LogP contribution in [0.1, 0.15) is 111 Å². The third-order valence-corrected chi connectivity index (χ3v) is 5.04. The first-order valence-electron chi connectivity index (χ1n) is 11.3.